The van der Waals surface area contributed by atoms with Crippen molar-refractivity contribution < 1.29 is 19.4 Å². The van der Waals surface area contributed by atoms with E-state index in [2.05, 4.69) is 4.98 Å². The van der Waals surface area contributed by atoms with Gasteiger partial charge < -0.3 is 9.84 Å². The molecule has 6 nitrogen and oxygen atoms in total. The third-order valence-corrected chi connectivity index (χ3v) is 3.35. The summed E-state index contributed by atoms with van der Waals surface area (Å²) in [7, 11) is 0. The van der Waals surface area contributed by atoms with Crippen molar-refractivity contribution in [1.29, 1.82) is 0 Å². The summed E-state index contributed by atoms with van der Waals surface area (Å²) < 4.78 is 5.26. The summed E-state index contributed by atoms with van der Waals surface area (Å²) >= 11 is 0. The zero-order valence-corrected chi connectivity index (χ0v) is 13.0. The van der Waals surface area contributed by atoms with Crippen molar-refractivity contribution >= 4 is 17.9 Å². The maximum Gasteiger partial charge on any atom is 0.416 e. The topological polar surface area (TPSA) is 79.7 Å². The van der Waals surface area contributed by atoms with Gasteiger partial charge in [0.25, 0.3) is 0 Å². The van der Waals surface area contributed by atoms with Crippen molar-refractivity contribution in [2.24, 2.45) is 0 Å². The lowest BCUT2D eigenvalue weighted by molar-refractivity contribution is -0.142. The summed E-state index contributed by atoms with van der Waals surface area (Å²) in [6.07, 6.45) is 0.727. The molecule has 120 valence electrons. The number of anilines is 1. The Morgan fingerprint density at radius 3 is 2.35 bits per heavy atom. The summed E-state index contributed by atoms with van der Waals surface area (Å²) in [6.45, 7) is 2.90. The van der Waals surface area contributed by atoms with Crippen LogP contribution in [0.3, 0.4) is 0 Å². The Bertz CT molecular complexity index is 672. The summed E-state index contributed by atoms with van der Waals surface area (Å²) in [6, 6.07) is 14.1. The van der Waals surface area contributed by atoms with Crippen molar-refractivity contribution in [3.63, 3.8) is 0 Å². The predicted molar refractivity (Wildman–Crippen MR) is 85.1 cm³/mol. The number of hydrogen-bond acceptors (Lipinski definition) is 4. The van der Waals surface area contributed by atoms with Gasteiger partial charge in [-0.1, -0.05) is 36.4 Å². The molecule has 0 radical (unpaired) electrons. The van der Waals surface area contributed by atoms with Crippen LogP contribution in [0.25, 0.3) is 0 Å². The Kier molecular flexibility index (Phi) is 4.95. The third-order valence-electron chi connectivity index (χ3n) is 3.35. The molecule has 0 bridgehead atoms. The number of rotatable bonds is 5. The fourth-order valence-electron chi connectivity index (χ4n) is 1.97. The molecule has 1 N–H and O–H groups in total. The van der Waals surface area contributed by atoms with Gasteiger partial charge >= 0.3 is 12.1 Å². The smallest absolute Gasteiger partial charge is 0.416 e. The first kappa shape index (κ1) is 16.5. The summed E-state index contributed by atoms with van der Waals surface area (Å²) in [5, 5.41) is 9.43. The Hall–Kier alpha value is -2.89. The van der Waals surface area contributed by atoms with Crippen molar-refractivity contribution in [2.75, 3.05) is 4.90 Å². The highest BCUT2D eigenvalue weighted by Gasteiger charge is 2.40. The van der Waals surface area contributed by atoms with Crippen molar-refractivity contribution in [2.45, 2.75) is 26.0 Å². The van der Waals surface area contributed by atoms with Gasteiger partial charge in [0.1, 0.15) is 18.0 Å². The van der Waals surface area contributed by atoms with E-state index >= 15 is 0 Å². The van der Waals surface area contributed by atoms with Crippen LogP contribution in [0.15, 0.2) is 54.7 Å². The number of amides is 1. The van der Waals surface area contributed by atoms with E-state index in [1.54, 1.807) is 18.2 Å². The molecule has 0 saturated heterocycles. The predicted octanol–water partition coefficient (Wildman–Crippen LogP) is 3.09. The molecule has 0 unspecified atom stereocenters. The van der Waals surface area contributed by atoms with Gasteiger partial charge in [-0.3, -0.25) is 0 Å². The number of carbonyl (C=O) groups excluding carboxylic acids is 1. The second kappa shape index (κ2) is 6.91. The second-order valence-electron chi connectivity index (χ2n) is 5.43. The zero-order chi connectivity index (χ0) is 16.9. The van der Waals surface area contributed by atoms with E-state index in [0.29, 0.717) is 0 Å². The molecule has 0 aliphatic carbocycles. The Morgan fingerprint density at radius 1 is 1.13 bits per heavy atom. The lowest BCUT2D eigenvalue weighted by Gasteiger charge is -2.33. The SMILES string of the molecule is CC(C)(C(=O)O)N(C(=O)OCc1ccccc1)c1ccccn1. The molecule has 1 heterocycles. The molecule has 0 aliphatic heterocycles. The number of aliphatic carboxylic acids is 1. The largest absolute Gasteiger partial charge is 0.480 e. The van der Waals surface area contributed by atoms with Crippen LogP contribution in [0.4, 0.5) is 10.6 Å². The van der Waals surface area contributed by atoms with E-state index in [9.17, 15) is 14.7 Å². The average molecular weight is 314 g/mol. The van der Waals surface area contributed by atoms with Crippen LogP contribution in [-0.2, 0) is 16.1 Å². The molecule has 2 rings (SSSR count). The summed E-state index contributed by atoms with van der Waals surface area (Å²) in [4.78, 5) is 29.1. The van der Waals surface area contributed by atoms with Gasteiger partial charge in [0.05, 0.1) is 0 Å². The Labute approximate surface area is 134 Å². The van der Waals surface area contributed by atoms with Gasteiger partial charge in [-0.15, -0.1) is 0 Å². The van der Waals surface area contributed by atoms with E-state index in [0.717, 1.165) is 10.5 Å². The quantitative estimate of drug-likeness (QED) is 0.917. The maximum atomic E-state index is 12.5. The first-order valence-corrected chi connectivity index (χ1v) is 7.08. The monoisotopic (exact) mass is 314 g/mol. The van der Waals surface area contributed by atoms with Crippen molar-refractivity contribution in [3.05, 3.63) is 60.3 Å². The van der Waals surface area contributed by atoms with Gasteiger partial charge in [0, 0.05) is 6.20 Å². The molecule has 0 saturated carbocycles. The highest BCUT2D eigenvalue weighted by Crippen LogP contribution is 2.23. The standard InChI is InChI=1S/C17H18N2O4/c1-17(2,15(20)21)19(14-10-6-7-11-18-14)16(22)23-12-13-8-4-3-5-9-13/h3-11H,12H2,1-2H3,(H,20,21). The number of nitrogens with zero attached hydrogens (tertiary/aromatic N) is 2. The van der Waals surface area contributed by atoms with Gasteiger partial charge in [-0.25, -0.2) is 19.5 Å². The minimum absolute atomic E-state index is 0.0543. The average Bonchev–Trinajstić information content (AvgIpc) is 2.55. The van der Waals surface area contributed by atoms with Crippen LogP contribution in [0.1, 0.15) is 19.4 Å². The van der Waals surface area contributed by atoms with Crippen LogP contribution < -0.4 is 4.90 Å². The van der Waals surface area contributed by atoms with Crippen LogP contribution in [-0.4, -0.2) is 27.7 Å². The zero-order valence-electron chi connectivity index (χ0n) is 13.0. The molecule has 1 aromatic carbocycles. The first-order chi connectivity index (χ1) is 10.9. The number of hydrogen-bond donors (Lipinski definition) is 1. The summed E-state index contributed by atoms with van der Waals surface area (Å²) in [5.74, 6) is -0.933. The molecule has 6 heteroatoms. The van der Waals surface area contributed by atoms with E-state index in [4.69, 9.17) is 4.74 Å². The van der Waals surface area contributed by atoms with Crippen LogP contribution in [0, 0.1) is 0 Å². The second-order valence-corrected chi connectivity index (χ2v) is 5.43. The van der Waals surface area contributed by atoms with Crippen LogP contribution >= 0.6 is 0 Å². The van der Waals surface area contributed by atoms with E-state index in [1.807, 2.05) is 30.3 Å². The number of benzene rings is 1. The van der Waals surface area contributed by atoms with Crippen LogP contribution in [0.2, 0.25) is 0 Å². The molecular formula is C17H18N2O4. The highest BCUT2D eigenvalue weighted by molar-refractivity contribution is 5.96. The van der Waals surface area contributed by atoms with E-state index in [-0.39, 0.29) is 12.4 Å². The van der Waals surface area contributed by atoms with Gasteiger partial charge in [0.15, 0.2) is 0 Å². The number of carboxylic acid groups (broad SMARTS) is 1. The molecule has 0 fully saturated rings. The van der Waals surface area contributed by atoms with E-state index < -0.39 is 17.6 Å². The third kappa shape index (κ3) is 3.85. The number of aromatic nitrogens is 1. The minimum atomic E-state index is -1.50. The Balaban J connectivity index is 2.23. The van der Waals surface area contributed by atoms with E-state index in [1.165, 1.54) is 20.0 Å². The first-order valence-electron chi connectivity index (χ1n) is 7.08. The Morgan fingerprint density at radius 2 is 1.78 bits per heavy atom. The molecule has 1 aromatic heterocycles. The fraction of sp³-hybridized carbons (Fsp3) is 0.235. The number of carbonyl (C=O) groups is 2. The van der Waals surface area contributed by atoms with Gasteiger partial charge in [0.2, 0.25) is 0 Å². The lowest BCUT2D eigenvalue weighted by atomic mass is 10.0. The lowest BCUT2D eigenvalue weighted by Crippen LogP contribution is -2.54. The maximum absolute atomic E-state index is 12.5. The number of pyridine rings is 1. The van der Waals surface area contributed by atoms with Crippen LogP contribution in [0.5, 0.6) is 0 Å². The normalized spacial score (nSPS) is 10.9. The number of ether oxygens (including phenoxy) is 1. The molecule has 0 spiro atoms. The molecule has 23 heavy (non-hydrogen) atoms. The summed E-state index contributed by atoms with van der Waals surface area (Å²) in [5.41, 5.74) is -0.683. The molecular weight excluding hydrogens is 296 g/mol. The molecule has 2 aromatic rings. The molecule has 0 aliphatic rings. The van der Waals surface area contributed by atoms with Crippen molar-refractivity contribution in [1.82, 2.24) is 4.98 Å². The van der Waals surface area contributed by atoms with Crippen molar-refractivity contribution in [3.8, 4) is 0 Å². The molecule has 1 amide bonds. The number of carboxylic acids is 1. The highest BCUT2D eigenvalue weighted by atomic mass is 16.6. The van der Waals surface area contributed by atoms with Gasteiger partial charge in [-0.2, -0.15) is 0 Å². The fourth-order valence-corrected chi connectivity index (χ4v) is 1.97. The van der Waals surface area contributed by atoms with Gasteiger partial charge in [-0.05, 0) is 31.5 Å². The molecule has 0 atom stereocenters. The minimum Gasteiger partial charge on any atom is -0.480 e.